The molecule has 0 aromatic rings. The van der Waals surface area contributed by atoms with E-state index in [1.807, 2.05) is 0 Å². The van der Waals surface area contributed by atoms with E-state index < -0.39 is 19.4 Å². The molecule has 1 saturated heterocycles. The number of carbonyl (C=O) groups is 1. The van der Waals surface area contributed by atoms with E-state index in [1.165, 1.54) is 0 Å². The van der Waals surface area contributed by atoms with E-state index in [4.69, 9.17) is 0 Å². The summed E-state index contributed by atoms with van der Waals surface area (Å²) in [5.74, 6) is -0.377. The van der Waals surface area contributed by atoms with Crippen LogP contribution in [0.1, 0.15) is 0 Å². The van der Waals surface area contributed by atoms with E-state index in [2.05, 4.69) is 25.6 Å². The molecule has 1 aliphatic rings. The Balaban J connectivity index is 2.20. The second-order valence-corrected chi connectivity index (χ2v) is 4.81. The normalized spacial score (nSPS) is 18.1. The van der Waals surface area contributed by atoms with Crippen molar-refractivity contribution in [3.05, 3.63) is 0 Å². The van der Waals surface area contributed by atoms with Gasteiger partial charge in [-0.05, 0) is 0 Å². The van der Waals surface area contributed by atoms with Gasteiger partial charge in [0.1, 0.15) is 13.2 Å². The van der Waals surface area contributed by atoms with Crippen LogP contribution >= 0.6 is 15.9 Å². The van der Waals surface area contributed by atoms with Crippen molar-refractivity contribution in [2.24, 2.45) is 0 Å². The summed E-state index contributed by atoms with van der Waals surface area (Å²) in [6.07, 6.45) is -4.38. The van der Waals surface area contributed by atoms with Crippen molar-refractivity contribution < 1.29 is 22.7 Å². The van der Waals surface area contributed by atoms with Crippen LogP contribution in [-0.2, 0) is 9.53 Å². The van der Waals surface area contributed by atoms with Crippen molar-refractivity contribution in [1.82, 2.24) is 9.80 Å². The predicted octanol–water partition coefficient (Wildman–Crippen LogP) is 1.10. The van der Waals surface area contributed by atoms with Crippen molar-refractivity contribution in [2.45, 2.75) is 6.18 Å². The minimum atomic E-state index is -4.38. The molecule has 0 saturated carbocycles. The number of alkyl halides is 4. The molecule has 1 rings (SSSR count). The van der Waals surface area contributed by atoms with Crippen molar-refractivity contribution in [1.29, 1.82) is 0 Å². The summed E-state index contributed by atoms with van der Waals surface area (Å²) in [6.45, 7) is 1.61. The summed E-state index contributed by atoms with van der Waals surface area (Å²) in [5, 5.41) is 0.871. The average molecular weight is 333 g/mol. The highest BCUT2D eigenvalue weighted by molar-refractivity contribution is 9.09. The maximum absolute atomic E-state index is 11.8. The fraction of sp³-hybridized carbons (Fsp3) is 0.900. The molecule has 1 amide bonds. The highest BCUT2D eigenvalue weighted by atomic mass is 79.9. The van der Waals surface area contributed by atoms with Crippen LogP contribution in [0.25, 0.3) is 0 Å². The maximum Gasteiger partial charge on any atom is 0.411 e. The third-order valence-corrected chi connectivity index (χ3v) is 2.97. The first-order valence-electron chi connectivity index (χ1n) is 5.63. The molecule has 18 heavy (non-hydrogen) atoms. The number of carbonyl (C=O) groups excluding carboxylic acids is 1. The van der Waals surface area contributed by atoms with Gasteiger partial charge < -0.3 is 9.64 Å². The van der Waals surface area contributed by atoms with Gasteiger partial charge in [-0.1, -0.05) is 15.9 Å². The Hall–Kier alpha value is -0.340. The fourth-order valence-electron chi connectivity index (χ4n) is 1.69. The zero-order valence-electron chi connectivity index (χ0n) is 9.88. The van der Waals surface area contributed by atoms with Gasteiger partial charge in [-0.2, -0.15) is 13.2 Å². The topological polar surface area (TPSA) is 32.8 Å². The molecule has 0 aromatic carbocycles. The van der Waals surface area contributed by atoms with Crippen molar-refractivity contribution in [2.75, 3.05) is 51.3 Å². The lowest BCUT2D eigenvalue weighted by molar-refractivity contribution is -0.178. The van der Waals surface area contributed by atoms with Crippen LogP contribution in [0.5, 0.6) is 0 Å². The average Bonchev–Trinajstić information content (AvgIpc) is 2.28. The number of hydrogen-bond donors (Lipinski definition) is 0. The molecular formula is C10H16BrF3N2O2. The van der Waals surface area contributed by atoms with Crippen LogP contribution in [0.3, 0.4) is 0 Å². The second-order valence-electron chi connectivity index (χ2n) is 4.02. The van der Waals surface area contributed by atoms with E-state index in [9.17, 15) is 18.0 Å². The summed E-state index contributed by atoms with van der Waals surface area (Å²) in [4.78, 5) is 15.3. The van der Waals surface area contributed by atoms with E-state index >= 15 is 0 Å². The molecular weight excluding hydrogens is 317 g/mol. The summed E-state index contributed by atoms with van der Waals surface area (Å²) in [5.41, 5.74) is 0. The lowest BCUT2D eigenvalue weighted by Crippen LogP contribution is -2.50. The number of ether oxygens (including phenoxy) is 1. The summed E-state index contributed by atoms with van der Waals surface area (Å²) in [7, 11) is 0. The first kappa shape index (κ1) is 15.7. The lowest BCUT2D eigenvalue weighted by Gasteiger charge is -2.34. The number of nitrogens with zero attached hydrogens (tertiary/aromatic N) is 2. The van der Waals surface area contributed by atoms with Crippen LogP contribution in [0, 0.1) is 0 Å². The summed E-state index contributed by atoms with van der Waals surface area (Å²) >= 11 is 3.33. The number of rotatable bonds is 5. The molecule has 1 aliphatic heterocycles. The number of piperazine rings is 1. The monoisotopic (exact) mass is 332 g/mol. The van der Waals surface area contributed by atoms with E-state index in [0.717, 1.165) is 25.0 Å². The van der Waals surface area contributed by atoms with Crippen molar-refractivity contribution >= 4 is 21.8 Å². The highest BCUT2D eigenvalue weighted by Gasteiger charge is 2.28. The molecule has 0 atom stereocenters. The van der Waals surface area contributed by atoms with Gasteiger partial charge in [0.05, 0.1) is 0 Å². The van der Waals surface area contributed by atoms with Gasteiger partial charge >= 0.3 is 6.18 Å². The first-order chi connectivity index (χ1) is 8.42. The molecule has 0 spiro atoms. The Morgan fingerprint density at radius 1 is 1.22 bits per heavy atom. The van der Waals surface area contributed by atoms with Gasteiger partial charge in [0.25, 0.3) is 0 Å². The van der Waals surface area contributed by atoms with E-state index in [0.29, 0.717) is 13.1 Å². The van der Waals surface area contributed by atoms with Gasteiger partial charge in [-0.15, -0.1) is 0 Å². The van der Waals surface area contributed by atoms with Gasteiger partial charge in [-0.3, -0.25) is 9.69 Å². The smallest absolute Gasteiger partial charge is 0.362 e. The molecule has 8 heteroatoms. The number of halogens is 4. The van der Waals surface area contributed by atoms with E-state index in [-0.39, 0.29) is 5.91 Å². The van der Waals surface area contributed by atoms with Gasteiger partial charge in [-0.25, -0.2) is 0 Å². The molecule has 0 unspecified atom stereocenters. The fourth-order valence-corrected chi connectivity index (χ4v) is 2.19. The van der Waals surface area contributed by atoms with Crippen LogP contribution < -0.4 is 0 Å². The van der Waals surface area contributed by atoms with Gasteiger partial charge in [0, 0.05) is 38.1 Å². The molecule has 0 aromatic heterocycles. The van der Waals surface area contributed by atoms with Crippen molar-refractivity contribution in [3.63, 3.8) is 0 Å². The Morgan fingerprint density at radius 3 is 2.33 bits per heavy atom. The molecule has 106 valence electrons. The Morgan fingerprint density at radius 2 is 1.83 bits per heavy atom. The molecule has 0 aliphatic carbocycles. The minimum Gasteiger partial charge on any atom is -0.362 e. The molecule has 0 N–H and O–H groups in total. The molecule has 1 heterocycles. The van der Waals surface area contributed by atoms with Crippen molar-refractivity contribution in [3.8, 4) is 0 Å². The SMILES string of the molecule is O=C(COCC(F)(F)F)N1CCN(CCBr)CC1. The minimum absolute atomic E-state index is 0.377. The largest absolute Gasteiger partial charge is 0.411 e. The maximum atomic E-state index is 11.8. The zero-order chi connectivity index (χ0) is 13.6. The Labute approximate surface area is 112 Å². The molecule has 0 radical (unpaired) electrons. The standard InChI is InChI=1S/C10H16BrF3N2O2/c11-1-2-15-3-5-16(6-4-15)9(17)7-18-8-10(12,13)14/h1-8H2. The van der Waals surface area contributed by atoms with Crippen LogP contribution in [-0.4, -0.2) is 73.2 Å². The summed E-state index contributed by atoms with van der Waals surface area (Å²) in [6, 6.07) is 0. The zero-order valence-corrected chi connectivity index (χ0v) is 11.5. The number of amides is 1. The Kier molecular flexibility index (Phi) is 6.37. The quantitative estimate of drug-likeness (QED) is 0.707. The van der Waals surface area contributed by atoms with Crippen LogP contribution in [0.2, 0.25) is 0 Å². The lowest BCUT2D eigenvalue weighted by atomic mass is 10.3. The van der Waals surface area contributed by atoms with Gasteiger partial charge in [0.2, 0.25) is 5.91 Å². The molecule has 1 fully saturated rings. The molecule has 4 nitrogen and oxygen atoms in total. The Bertz CT molecular complexity index is 268. The summed E-state index contributed by atoms with van der Waals surface area (Å²) < 4.78 is 39.8. The third-order valence-electron chi connectivity index (χ3n) is 2.62. The predicted molar refractivity (Wildman–Crippen MR) is 63.7 cm³/mol. The third kappa shape index (κ3) is 6.01. The molecule has 0 bridgehead atoms. The highest BCUT2D eigenvalue weighted by Crippen LogP contribution is 2.14. The van der Waals surface area contributed by atoms with Crippen LogP contribution in [0.15, 0.2) is 0 Å². The van der Waals surface area contributed by atoms with Gasteiger partial charge in [0.15, 0.2) is 0 Å². The van der Waals surface area contributed by atoms with Crippen LogP contribution in [0.4, 0.5) is 13.2 Å². The second kappa shape index (κ2) is 7.30. The van der Waals surface area contributed by atoms with E-state index in [1.54, 1.807) is 4.90 Å². The first-order valence-corrected chi connectivity index (χ1v) is 6.75. The number of hydrogen-bond acceptors (Lipinski definition) is 3.